The van der Waals surface area contributed by atoms with Crippen molar-refractivity contribution in [3.63, 3.8) is 0 Å². The molecule has 0 saturated heterocycles. The number of nitrogens with one attached hydrogen (secondary N) is 1. The van der Waals surface area contributed by atoms with Crippen molar-refractivity contribution < 1.29 is 9.32 Å². The molecule has 0 aliphatic heterocycles. The molecule has 1 aromatic heterocycles. The van der Waals surface area contributed by atoms with E-state index in [9.17, 15) is 4.79 Å². The van der Waals surface area contributed by atoms with E-state index >= 15 is 0 Å². The zero-order chi connectivity index (χ0) is 17.6. The number of hydrogen-bond donors (Lipinski definition) is 1. The first kappa shape index (κ1) is 16.8. The molecule has 3 rings (SSSR count). The Morgan fingerprint density at radius 2 is 1.80 bits per heavy atom. The maximum absolute atomic E-state index is 12.2. The highest BCUT2D eigenvalue weighted by molar-refractivity contribution is 5.93. The molecule has 0 unspecified atom stereocenters. The van der Waals surface area contributed by atoms with Crippen LogP contribution in [-0.4, -0.2) is 31.7 Å². The molecule has 1 N–H and O–H groups in total. The van der Waals surface area contributed by atoms with Crippen LogP contribution in [0.15, 0.2) is 65.2 Å². The van der Waals surface area contributed by atoms with Crippen molar-refractivity contribution in [1.29, 1.82) is 0 Å². The first-order chi connectivity index (χ1) is 12.1. The van der Waals surface area contributed by atoms with Crippen molar-refractivity contribution in [2.24, 2.45) is 0 Å². The van der Waals surface area contributed by atoms with Crippen molar-refractivity contribution >= 4 is 11.6 Å². The molecule has 1 amide bonds. The number of hydrogen-bond acceptors (Lipinski definition) is 4. The Morgan fingerprint density at radius 1 is 1.08 bits per heavy atom. The molecule has 0 aliphatic carbocycles. The second-order valence-corrected chi connectivity index (χ2v) is 6.01. The molecule has 3 aromatic rings. The van der Waals surface area contributed by atoms with E-state index < -0.39 is 0 Å². The predicted molar refractivity (Wildman–Crippen MR) is 98.7 cm³/mol. The Labute approximate surface area is 147 Å². The summed E-state index contributed by atoms with van der Waals surface area (Å²) in [4.78, 5) is 14.2. The van der Waals surface area contributed by atoms with Crippen LogP contribution in [0.2, 0.25) is 0 Å². The van der Waals surface area contributed by atoms with Gasteiger partial charge in [0.05, 0.1) is 0 Å². The Hall–Kier alpha value is -3.08. The number of carbonyl (C=O) groups excluding carboxylic acids is 1. The molecule has 2 aromatic carbocycles. The van der Waals surface area contributed by atoms with E-state index in [1.165, 1.54) is 5.56 Å². The molecular formula is C20H21N3O2. The Kier molecular flexibility index (Phi) is 5.14. The van der Waals surface area contributed by atoms with Crippen molar-refractivity contribution in [2.75, 3.05) is 25.5 Å². The van der Waals surface area contributed by atoms with Gasteiger partial charge in [0.2, 0.25) is 0 Å². The van der Waals surface area contributed by atoms with Gasteiger partial charge in [-0.25, -0.2) is 0 Å². The standard InChI is InChI=1S/C20H21N3O2/c1-23(2)17-10-8-15(9-11-17)12-13-21-20(24)18-14-19(25-22-18)16-6-4-3-5-7-16/h3-11,14H,12-13H2,1-2H3,(H,21,24). The number of rotatable bonds is 6. The van der Waals surface area contributed by atoms with Crippen LogP contribution in [0.4, 0.5) is 5.69 Å². The number of carbonyl (C=O) groups is 1. The molecule has 1 heterocycles. The fourth-order valence-electron chi connectivity index (χ4n) is 2.49. The van der Waals surface area contributed by atoms with E-state index in [2.05, 4.69) is 39.6 Å². The molecule has 0 saturated carbocycles. The van der Waals surface area contributed by atoms with Gasteiger partial charge in [0.1, 0.15) is 0 Å². The van der Waals surface area contributed by atoms with E-state index in [1.54, 1.807) is 6.07 Å². The molecule has 5 nitrogen and oxygen atoms in total. The summed E-state index contributed by atoms with van der Waals surface area (Å²) in [5.74, 6) is 0.362. The number of benzene rings is 2. The molecule has 0 fully saturated rings. The van der Waals surface area contributed by atoms with Gasteiger partial charge < -0.3 is 14.7 Å². The summed E-state index contributed by atoms with van der Waals surface area (Å²) < 4.78 is 5.26. The van der Waals surface area contributed by atoms with Gasteiger partial charge in [-0.3, -0.25) is 4.79 Å². The first-order valence-electron chi connectivity index (χ1n) is 8.20. The van der Waals surface area contributed by atoms with Gasteiger partial charge in [-0.2, -0.15) is 0 Å². The lowest BCUT2D eigenvalue weighted by Crippen LogP contribution is -2.25. The fourth-order valence-corrected chi connectivity index (χ4v) is 2.49. The normalized spacial score (nSPS) is 10.5. The monoisotopic (exact) mass is 335 g/mol. The van der Waals surface area contributed by atoms with Crippen molar-refractivity contribution in [1.82, 2.24) is 10.5 Å². The molecule has 128 valence electrons. The highest BCUT2D eigenvalue weighted by Gasteiger charge is 2.13. The SMILES string of the molecule is CN(C)c1ccc(CCNC(=O)c2cc(-c3ccccc3)on2)cc1. The third-order valence-corrected chi connectivity index (χ3v) is 3.95. The summed E-state index contributed by atoms with van der Waals surface area (Å²) in [6.07, 6.45) is 0.767. The Morgan fingerprint density at radius 3 is 2.48 bits per heavy atom. The lowest BCUT2D eigenvalue weighted by molar-refractivity contribution is 0.0945. The molecule has 0 aliphatic rings. The average Bonchev–Trinajstić information content (AvgIpc) is 3.13. The van der Waals surface area contributed by atoms with Gasteiger partial charge in [0.25, 0.3) is 5.91 Å². The maximum atomic E-state index is 12.2. The van der Waals surface area contributed by atoms with Crippen LogP contribution in [0, 0.1) is 0 Å². The third kappa shape index (κ3) is 4.26. The van der Waals surface area contributed by atoms with E-state index in [0.29, 0.717) is 18.0 Å². The minimum atomic E-state index is -0.226. The lowest BCUT2D eigenvalue weighted by Gasteiger charge is -2.12. The second-order valence-electron chi connectivity index (χ2n) is 6.01. The van der Waals surface area contributed by atoms with Gasteiger partial charge in [0.15, 0.2) is 11.5 Å². The minimum absolute atomic E-state index is 0.226. The van der Waals surface area contributed by atoms with Gasteiger partial charge in [-0.05, 0) is 24.1 Å². The lowest BCUT2D eigenvalue weighted by atomic mass is 10.1. The topological polar surface area (TPSA) is 58.4 Å². The molecule has 0 atom stereocenters. The van der Waals surface area contributed by atoms with E-state index in [-0.39, 0.29) is 5.91 Å². The van der Waals surface area contributed by atoms with Crippen LogP contribution in [0.1, 0.15) is 16.1 Å². The smallest absolute Gasteiger partial charge is 0.273 e. The molecule has 0 radical (unpaired) electrons. The van der Waals surface area contributed by atoms with Crippen molar-refractivity contribution in [2.45, 2.75) is 6.42 Å². The van der Waals surface area contributed by atoms with Crippen LogP contribution >= 0.6 is 0 Å². The zero-order valence-electron chi connectivity index (χ0n) is 14.4. The van der Waals surface area contributed by atoms with Crippen LogP contribution in [-0.2, 0) is 6.42 Å². The largest absolute Gasteiger partial charge is 0.378 e. The number of anilines is 1. The number of nitrogens with zero attached hydrogens (tertiary/aromatic N) is 2. The molecule has 0 bridgehead atoms. The Bertz CT molecular complexity index is 824. The van der Waals surface area contributed by atoms with Crippen LogP contribution in [0.5, 0.6) is 0 Å². The second kappa shape index (κ2) is 7.66. The molecular weight excluding hydrogens is 314 g/mol. The summed E-state index contributed by atoms with van der Waals surface area (Å²) in [7, 11) is 4.02. The highest BCUT2D eigenvalue weighted by atomic mass is 16.5. The number of aromatic nitrogens is 1. The van der Waals surface area contributed by atoms with Gasteiger partial charge in [0, 0.05) is 38.0 Å². The van der Waals surface area contributed by atoms with Gasteiger partial charge in [-0.15, -0.1) is 0 Å². The third-order valence-electron chi connectivity index (χ3n) is 3.95. The maximum Gasteiger partial charge on any atom is 0.273 e. The average molecular weight is 335 g/mol. The fraction of sp³-hybridized carbons (Fsp3) is 0.200. The van der Waals surface area contributed by atoms with E-state index in [1.807, 2.05) is 44.4 Å². The van der Waals surface area contributed by atoms with Crippen molar-refractivity contribution in [3.05, 3.63) is 71.9 Å². The van der Waals surface area contributed by atoms with Gasteiger partial charge in [-0.1, -0.05) is 47.6 Å². The summed E-state index contributed by atoms with van der Waals surface area (Å²) in [5.41, 5.74) is 3.52. The van der Waals surface area contributed by atoms with Gasteiger partial charge >= 0.3 is 0 Å². The summed E-state index contributed by atoms with van der Waals surface area (Å²) in [6.45, 7) is 0.549. The van der Waals surface area contributed by atoms with Crippen LogP contribution in [0.25, 0.3) is 11.3 Å². The molecule has 5 heteroatoms. The minimum Gasteiger partial charge on any atom is -0.378 e. The van der Waals surface area contributed by atoms with E-state index in [0.717, 1.165) is 17.7 Å². The first-order valence-corrected chi connectivity index (χ1v) is 8.20. The molecule has 0 spiro atoms. The number of amides is 1. The summed E-state index contributed by atoms with van der Waals surface area (Å²) in [6, 6.07) is 19.5. The molecule has 25 heavy (non-hydrogen) atoms. The summed E-state index contributed by atoms with van der Waals surface area (Å²) in [5, 5.41) is 6.73. The van der Waals surface area contributed by atoms with Crippen LogP contribution < -0.4 is 10.2 Å². The Balaban J connectivity index is 1.54. The quantitative estimate of drug-likeness (QED) is 0.750. The van der Waals surface area contributed by atoms with Crippen LogP contribution in [0.3, 0.4) is 0 Å². The highest BCUT2D eigenvalue weighted by Crippen LogP contribution is 2.19. The predicted octanol–water partition coefficient (Wildman–Crippen LogP) is 3.38. The van der Waals surface area contributed by atoms with Crippen molar-refractivity contribution in [3.8, 4) is 11.3 Å². The zero-order valence-corrected chi connectivity index (χ0v) is 14.4. The van der Waals surface area contributed by atoms with E-state index in [4.69, 9.17) is 4.52 Å². The summed E-state index contributed by atoms with van der Waals surface area (Å²) >= 11 is 0.